The number of allylic oxidation sites excluding steroid dienone is 1. The van der Waals surface area contributed by atoms with E-state index in [4.69, 9.17) is 13.0 Å². The summed E-state index contributed by atoms with van der Waals surface area (Å²) in [6.45, 7) is -3.10. The quantitative estimate of drug-likeness (QED) is 0.560. The third-order valence-electron chi connectivity index (χ3n) is 6.19. The van der Waals surface area contributed by atoms with Crippen molar-refractivity contribution < 1.29 is 23.2 Å². The molecule has 0 spiro atoms. The first-order valence-corrected chi connectivity index (χ1v) is 12.6. The minimum atomic E-state index is -2.42. The minimum Gasteiger partial charge on any atom is -0.507 e. The second-order valence-corrected chi connectivity index (χ2v) is 11.2. The standard InChI is InChI=1S/C24H34O3S2/c1-15(25)6-4-7-16-12-20(26)22-18-14-17(23-28-10-5-11-29-23)8-9-19(18)24(2,3)27-21(22)13-16/h12-15,18-19,23,25-26H,4-11H2,1-3H3/i1D3,2D3. The van der Waals surface area contributed by atoms with Gasteiger partial charge < -0.3 is 14.9 Å². The van der Waals surface area contributed by atoms with E-state index in [0.717, 1.165) is 23.5 Å². The average molecular weight is 441 g/mol. The summed E-state index contributed by atoms with van der Waals surface area (Å²) < 4.78 is 53.5. The van der Waals surface area contributed by atoms with Crippen molar-refractivity contribution in [2.24, 2.45) is 5.92 Å². The van der Waals surface area contributed by atoms with Crippen molar-refractivity contribution in [3.8, 4) is 11.5 Å². The number of aliphatic hydroxyl groups excluding tert-OH is 1. The number of fused-ring (bicyclic) bond motifs is 3. The van der Waals surface area contributed by atoms with E-state index in [2.05, 4.69) is 6.08 Å². The van der Waals surface area contributed by atoms with E-state index in [1.807, 2.05) is 23.5 Å². The minimum absolute atomic E-state index is 0.0814. The molecule has 1 aromatic carbocycles. The highest BCUT2D eigenvalue weighted by molar-refractivity contribution is 8.17. The van der Waals surface area contributed by atoms with Crippen molar-refractivity contribution in [2.75, 3.05) is 11.5 Å². The van der Waals surface area contributed by atoms with Crippen molar-refractivity contribution in [3.63, 3.8) is 0 Å². The van der Waals surface area contributed by atoms with Crippen LogP contribution in [0.15, 0.2) is 23.8 Å². The van der Waals surface area contributed by atoms with Crippen LogP contribution >= 0.6 is 23.5 Å². The average Bonchev–Trinajstić information content (AvgIpc) is 2.77. The molecule has 2 heterocycles. The van der Waals surface area contributed by atoms with Crippen LogP contribution < -0.4 is 4.74 Å². The van der Waals surface area contributed by atoms with Crippen molar-refractivity contribution >= 4 is 23.5 Å². The number of ether oxygens (including phenoxy) is 1. The third kappa shape index (κ3) is 4.62. The molecule has 4 rings (SSSR count). The van der Waals surface area contributed by atoms with Crippen molar-refractivity contribution in [2.45, 2.75) is 81.4 Å². The molecule has 3 aliphatic rings. The summed E-state index contributed by atoms with van der Waals surface area (Å²) in [6, 6.07) is 3.45. The van der Waals surface area contributed by atoms with Gasteiger partial charge >= 0.3 is 0 Å². The monoisotopic (exact) mass is 440 g/mol. The second-order valence-electron chi connectivity index (χ2n) is 8.48. The zero-order valence-electron chi connectivity index (χ0n) is 22.8. The number of hydrogen-bond donors (Lipinski definition) is 2. The van der Waals surface area contributed by atoms with E-state index in [1.54, 1.807) is 19.1 Å². The molecule has 29 heavy (non-hydrogen) atoms. The van der Waals surface area contributed by atoms with E-state index in [0.29, 0.717) is 35.2 Å². The summed E-state index contributed by atoms with van der Waals surface area (Å²) in [5, 5.41) is 20.9. The van der Waals surface area contributed by atoms with Gasteiger partial charge in [-0.15, -0.1) is 23.5 Å². The van der Waals surface area contributed by atoms with Crippen molar-refractivity contribution in [3.05, 3.63) is 34.9 Å². The third-order valence-corrected chi connectivity index (χ3v) is 9.26. The zero-order chi connectivity index (χ0) is 25.6. The fourth-order valence-corrected chi connectivity index (χ4v) is 7.78. The van der Waals surface area contributed by atoms with Gasteiger partial charge in [0.2, 0.25) is 0 Å². The summed E-state index contributed by atoms with van der Waals surface area (Å²) >= 11 is 3.89. The number of thioether (sulfide) groups is 2. The van der Waals surface area contributed by atoms with Gasteiger partial charge in [-0.1, -0.05) is 11.6 Å². The highest BCUT2D eigenvalue weighted by Crippen LogP contribution is 2.55. The van der Waals surface area contributed by atoms with Gasteiger partial charge in [-0.2, -0.15) is 0 Å². The van der Waals surface area contributed by atoms with Crippen LogP contribution in [0.25, 0.3) is 0 Å². The van der Waals surface area contributed by atoms with Gasteiger partial charge in [0, 0.05) is 25.6 Å². The van der Waals surface area contributed by atoms with Crippen LogP contribution in [0.2, 0.25) is 0 Å². The first-order chi connectivity index (χ1) is 16.3. The Kier molecular flexibility index (Phi) is 4.56. The molecule has 0 radical (unpaired) electrons. The predicted octanol–water partition coefficient (Wildman–Crippen LogP) is 5.88. The molecule has 5 heteroatoms. The number of phenols is 1. The first kappa shape index (κ1) is 15.1. The second kappa shape index (κ2) is 8.76. The van der Waals surface area contributed by atoms with Gasteiger partial charge in [-0.3, -0.25) is 0 Å². The summed E-state index contributed by atoms with van der Waals surface area (Å²) in [5.41, 5.74) is 1.31. The highest BCUT2D eigenvalue weighted by atomic mass is 32.2. The molecule has 0 bridgehead atoms. The topological polar surface area (TPSA) is 49.7 Å². The molecular formula is C24H34O3S2. The molecule has 3 nitrogen and oxygen atoms in total. The summed E-state index contributed by atoms with van der Waals surface area (Å²) in [4.78, 5) is 0. The van der Waals surface area contributed by atoms with Gasteiger partial charge in [0.1, 0.15) is 17.1 Å². The fraction of sp³-hybridized carbons (Fsp3) is 0.667. The lowest BCUT2D eigenvalue weighted by molar-refractivity contribution is 0.0107. The summed E-state index contributed by atoms with van der Waals surface area (Å²) in [5.74, 6) is 2.19. The van der Waals surface area contributed by atoms with Crippen LogP contribution in [-0.4, -0.2) is 38.0 Å². The lowest BCUT2D eigenvalue weighted by atomic mass is 9.68. The molecule has 4 unspecified atom stereocenters. The van der Waals surface area contributed by atoms with Crippen LogP contribution in [0.5, 0.6) is 11.5 Å². The Labute approximate surface area is 192 Å². The van der Waals surface area contributed by atoms with Gasteiger partial charge in [0.15, 0.2) is 0 Å². The van der Waals surface area contributed by atoms with E-state index >= 15 is 0 Å². The first-order valence-electron chi connectivity index (χ1n) is 13.5. The smallest absolute Gasteiger partial charge is 0.127 e. The number of aromatic hydroxyl groups is 1. The lowest BCUT2D eigenvalue weighted by Crippen LogP contribution is -2.45. The number of aryl methyl sites for hydroxylation is 1. The fourth-order valence-electron chi connectivity index (χ4n) is 4.77. The summed E-state index contributed by atoms with van der Waals surface area (Å²) in [7, 11) is 0. The van der Waals surface area contributed by atoms with Gasteiger partial charge in [0.05, 0.1) is 10.7 Å². The van der Waals surface area contributed by atoms with E-state index in [1.165, 1.54) is 12.0 Å². The Morgan fingerprint density at radius 1 is 1.34 bits per heavy atom. The SMILES string of the molecule is [2H]C([2H])([2H])C(O)CCCc1cc(O)c2c(c1)OC(C)(C([2H])([2H])[2H])C1CCC(C3SCCCS3)=CC21. The van der Waals surface area contributed by atoms with Crippen LogP contribution in [0.1, 0.15) is 78.0 Å². The van der Waals surface area contributed by atoms with E-state index < -0.39 is 25.4 Å². The highest BCUT2D eigenvalue weighted by Gasteiger charge is 2.46. The Hall–Kier alpha value is -0.780. The van der Waals surface area contributed by atoms with Gasteiger partial charge in [0.25, 0.3) is 0 Å². The molecular weight excluding hydrogens is 400 g/mol. The molecule has 1 aromatic rings. The van der Waals surface area contributed by atoms with Crippen LogP contribution in [0, 0.1) is 5.92 Å². The molecule has 4 atom stereocenters. The zero-order valence-corrected chi connectivity index (χ0v) is 18.5. The number of hydrogen-bond acceptors (Lipinski definition) is 5. The number of benzene rings is 1. The molecule has 0 aromatic heterocycles. The predicted molar refractivity (Wildman–Crippen MR) is 124 cm³/mol. The van der Waals surface area contributed by atoms with Gasteiger partial charge in [-0.05, 0) is 88.4 Å². The number of rotatable bonds is 5. The van der Waals surface area contributed by atoms with Crippen molar-refractivity contribution in [1.29, 1.82) is 0 Å². The molecule has 2 N–H and O–H groups in total. The molecule has 1 aliphatic carbocycles. The van der Waals surface area contributed by atoms with Crippen LogP contribution in [0.3, 0.4) is 0 Å². The Morgan fingerprint density at radius 2 is 2.17 bits per heavy atom. The Bertz CT molecular complexity index is 958. The molecule has 0 saturated carbocycles. The molecule has 2 aliphatic heterocycles. The van der Waals surface area contributed by atoms with Crippen LogP contribution in [-0.2, 0) is 6.42 Å². The lowest BCUT2D eigenvalue weighted by Gasteiger charge is -2.47. The molecule has 0 amide bonds. The van der Waals surface area contributed by atoms with E-state index in [-0.39, 0.29) is 24.0 Å². The van der Waals surface area contributed by atoms with Crippen molar-refractivity contribution in [1.82, 2.24) is 0 Å². The van der Waals surface area contributed by atoms with Gasteiger partial charge in [-0.25, -0.2) is 0 Å². The molecule has 1 fully saturated rings. The molecule has 1 saturated heterocycles. The molecule has 160 valence electrons. The van der Waals surface area contributed by atoms with Crippen LogP contribution in [0.4, 0.5) is 0 Å². The maximum absolute atomic E-state index is 11.1. The number of aliphatic hydroxyl groups is 1. The number of phenolic OH excluding ortho intramolecular Hbond substituents is 1. The normalized spacial score (nSPS) is 34.6. The summed E-state index contributed by atoms with van der Waals surface area (Å²) in [6.07, 6.45) is 4.49. The maximum atomic E-state index is 11.1. The van der Waals surface area contributed by atoms with E-state index in [9.17, 15) is 10.2 Å². The largest absolute Gasteiger partial charge is 0.507 e. The Morgan fingerprint density at radius 3 is 2.93 bits per heavy atom. The Balaban J connectivity index is 1.66. The maximum Gasteiger partial charge on any atom is 0.127 e.